The fourth-order valence-electron chi connectivity index (χ4n) is 2.03. The molecule has 3 N–H and O–H groups in total. The van der Waals surface area contributed by atoms with E-state index in [0.717, 1.165) is 25.5 Å². The first-order chi connectivity index (χ1) is 11.8. The van der Waals surface area contributed by atoms with Gasteiger partial charge in [0.15, 0.2) is 5.96 Å². The average molecular weight is 345 g/mol. The van der Waals surface area contributed by atoms with Crippen molar-refractivity contribution < 1.29 is 4.79 Å². The summed E-state index contributed by atoms with van der Waals surface area (Å²) in [4.78, 5) is 21.7. The Kier molecular flexibility index (Phi) is 7.76. The Morgan fingerprint density at radius 3 is 2.79 bits per heavy atom. The standard InChI is InChI=1S/C17H23N5OS/c1-2-19-17(21-9-7-15-6-4-12-24-15)22-11-10-20-16(23)14-5-3-8-18-13-14/h3-6,8,12-13H,2,7,9-11H2,1H3,(H,20,23)(H2,19,21,22). The minimum Gasteiger partial charge on any atom is -0.357 e. The van der Waals surface area contributed by atoms with Crippen LogP contribution in [-0.2, 0) is 6.42 Å². The van der Waals surface area contributed by atoms with Crippen molar-refractivity contribution in [3.63, 3.8) is 0 Å². The summed E-state index contributed by atoms with van der Waals surface area (Å²) in [7, 11) is 0. The molecule has 24 heavy (non-hydrogen) atoms. The lowest BCUT2D eigenvalue weighted by atomic mass is 10.3. The van der Waals surface area contributed by atoms with Gasteiger partial charge in [0.2, 0.25) is 0 Å². The molecule has 2 heterocycles. The van der Waals surface area contributed by atoms with E-state index >= 15 is 0 Å². The molecule has 0 unspecified atom stereocenters. The second-order valence-corrected chi connectivity index (χ2v) is 6.05. The summed E-state index contributed by atoms with van der Waals surface area (Å²) < 4.78 is 0. The van der Waals surface area contributed by atoms with Crippen molar-refractivity contribution in [2.24, 2.45) is 4.99 Å². The molecule has 0 bridgehead atoms. The number of thiophene rings is 1. The van der Waals surface area contributed by atoms with Crippen molar-refractivity contribution in [2.75, 3.05) is 26.2 Å². The van der Waals surface area contributed by atoms with Gasteiger partial charge in [-0.15, -0.1) is 11.3 Å². The van der Waals surface area contributed by atoms with Gasteiger partial charge in [0.05, 0.1) is 5.56 Å². The quantitative estimate of drug-likeness (QED) is 0.386. The molecule has 7 heteroatoms. The maximum Gasteiger partial charge on any atom is 0.252 e. The van der Waals surface area contributed by atoms with E-state index in [9.17, 15) is 4.79 Å². The average Bonchev–Trinajstić information content (AvgIpc) is 3.12. The van der Waals surface area contributed by atoms with Gasteiger partial charge in [0, 0.05) is 49.9 Å². The molecule has 0 aliphatic heterocycles. The lowest BCUT2D eigenvalue weighted by Crippen LogP contribution is -2.41. The van der Waals surface area contributed by atoms with E-state index in [0.29, 0.717) is 18.7 Å². The number of guanidine groups is 1. The summed E-state index contributed by atoms with van der Waals surface area (Å²) in [5, 5.41) is 11.4. The van der Waals surface area contributed by atoms with Gasteiger partial charge in [0.25, 0.3) is 5.91 Å². The Bertz CT molecular complexity index is 628. The lowest BCUT2D eigenvalue weighted by Gasteiger charge is -2.11. The van der Waals surface area contributed by atoms with Crippen LogP contribution in [-0.4, -0.2) is 43.0 Å². The number of aliphatic imine (C=N–C) groups is 1. The summed E-state index contributed by atoms with van der Waals surface area (Å²) in [6.07, 6.45) is 4.14. The van der Waals surface area contributed by atoms with Crippen LogP contribution >= 0.6 is 11.3 Å². The van der Waals surface area contributed by atoms with Gasteiger partial charge in [-0.2, -0.15) is 0 Å². The molecule has 0 aromatic carbocycles. The van der Waals surface area contributed by atoms with Crippen molar-refractivity contribution in [3.8, 4) is 0 Å². The highest BCUT2D eigenvalue weighted by molar-refractivity contribution is 7.09. The second kappa shape index (κ2) is 10.4. The highest BCUT2D eigenvalue weighted by Gasteiger charge is 2.04. The van der Waals surface area contributed by atoms with Crippen LogP contribution in [0.15, 0.2) is 47.0 Å². The molecule has 0 spiro atoms. The van der Waals surface area contributed by atoms with E-state index in [1.165, 1.54) is 4.88 Å². The molecule has 0 saturated carbocycles. The Labute approximate surface area is 146 Å². The van der Waals surface area contributed by atoms with Crippen molar-refractivity contribution in [3.05, 3.63) is 52.5 Å². The molecular weight excluding hydrogens is 322 g/mol. The SMILES string of the molecule is CCNC(=NCCc1cccs1)NCCNC(=O)c1cccnc1. The number of hydrogen-bond donors (Lipinski definition) is 3. The van der Waals surface area contributed by atoms with Crippen LogP contribution in [0.1, 0.15) is 22.2 Å². The van der Waals surface area contributed by atoms with Gasteiger partial charge < -0.3 is 16.0 Å². The van der Waals surface area contributed by atoms with Crippen LogP contribution in [0.4, 0.5) is 0 Å². The molecule has 0 aliphatic carbocycles. The lowest BCUT2D eigenvalue weighted by molar-refractivity contribution is 0.0954. The third kappa shape index (κ3) is 6.37. The smallest absolute Gasteiger partial charge is 0.252 e. The van der Waals surface area contributed by atoms with E-state index < -0.39 is 0 Å². The van der Waals surface area contributed by atoms with Gasteiger partial charge in [0.1, 0.15) is 0 Å². The van der Waals surface area contributed by atoms with Crippen molar-refractivity contribution in [2.45, 2.75) is 13.3 Å². The minimum absolute atomic E-state index is 0.121. The predicted molar refractivity (Wildman–Crippen MR) is 98.6 cm³/mol. The van der Waals surface area contributed by atoms with Crippen molar-refractivity contribution >= 4 is 23.2 Å². The number of nitrogens with one attached hydrogen (secondary N) is 3. The molecule has 6 nitrogen and oxygen atoms in total. The van der Waals surface area contributed by atoms with Crippen LogP contribution < -0.4 is 16.0 Å². The van der Waals surface area contributed by atoms with Gasteiger partial charge in [-0.3, -0.25) is 14.8 Å². The van der Waals surface area contributed by atoms with Crippen LogP contribution in [0.3, 0.4) is 0 Å². The zero-order valence-electron chi connectivity index (χ0n) is 13.8. The number of hydrogen-bond acceptors (Lipinski definition) is 4. The van der Waals surface area contributed by atoms with Crippen LogP contribution in [0.5, 0.6) is 0 Å². The number of pyridine rings is 1. The Morgan fingerprint density at radius 1 is 1.21 bits per heavy atom. The van der Waals surface area contributed by atoms with Crippen molar-refractivity contribution in [1.82, 2.24) is 20.9 Å². The minimum atomic E-state index is -0.121. The molecule has 0 fully saturated rings. The summed E-state index contributed by atoms with van der Waals surface area (Å²) >= 11 is 1.75. The fourth-order valence-corrected chi connectivity index (χ4v) is 2.73. The molecule has 0 aliphatic rings. The van der Waals surface area contributed by atoms with E-state index in [4.69, 9.17) is 0 Å². The molecule has 2 rings (SSSR count). The first-order valence-electron chi connectivity index (χ1n) is 8.02. The zero-order valence-corrected chi connectivity index (χ0v) is 14.6. The van der Waals surface area contributed by atoms with Gasteiger partial charge in [-0.05, 0) is 30.5 Å². The molecule has 0 saturated heterocycles. The van der Waals surface area contributed by atoms with Crippen LogP contribution in [0.2, 0.25) is 0 Å². The highest BCUT2D eigenvalue weighted by Crippen LogP contribution is 2.08. The third-order valence-electron chi connectivity index (χ3n) is 3.18. The van der Waals surface area contributed by atoms with Crippen molar-refractivity contribution in [1.29, 1.82) is 0 Å². The Hall–Kier alpha value is -2.41. The van der Waals surface area contributed by atoms with Gasteiger partial charge in [-0.25, -0.2) is 0 Å². The fraction of sp³-hybridized carbons (Fsp3) is 0.353. The molecule has 128 valence electrons. The first kappa shape index (κ1) is 17.9. The van der Waals surface area contributed by atoms with E-state index in [1.54, 1.807) is 35.9 Å². The van der Waals surface area contributed by atoms with Crippen LogP contribution in [0, 0.1) is 0 Å². The van der Waals surface area contributed by atoms with Gasteiger partial charge >= 0.3 is 0 Å². The monoisotopic (exact) mass is 345 g/mol. The number of nitrogens with zero attached hydrogens (tertiary/aromatic N) is 2. The summed E-state index contributed by atoms with van der Waals surface area (Å²) in [6.45, 7) is 4.69. The number of carbonyl (C=O) groups is 1. The predicted octanol–water partition coefficient (Wildman–Crippen LogP) is 1.67. The number of rotatable bonds is 8. The molecule has 1 amide bonds. The number of carbonyl (C=O) groups excluding carboxylic acids is 1. The summed E-state index contributed by atoms with van der Waals surface area (Å²) in [5.41, 5.74) is 0.564. The molecule has 2 aromatic rings. The summed E-state index contributed by atoms with van der Waals surface area (Å²) in [6, 6.07) is 7.66. The topological polar surface area (TPSA) is 78.4 Å². The van der Waals surface area contributed by atoms with E-state index in [2.05, 4.69) is 43.4 Å². The van der Waals surface area contributed by atoms with Crippen LogP contribution in [0.25, 0.3) is 0 Å². The Morgan fingerprint density at radius 2 is 2.08 bits per heavy atom. The van der Waals surface area contributed by atoms with E-state index in [-0.39, 0.29) is 5.91 Å². The Balaban J connectivity index is 1.69. The molecule has 0 radical (unpaired) electrons. The highest BCUT2D eigenvalue weighted by atomic mass is 32.1. The van der Waals surface area contributed by atoms with E-state index in [1.807, 2.05) is 6.92 Å². The first-order valence-corrected chi connectivity index (χ1v) is 8.90. The zero-order chi connectivity index (χ0) is 17.0. The maximum atomic E-state index is 11.9. The number of aromatic nitrogens is 1. The number of amides is 1. The van der Waals surface area contributed by atoms with Gasteiger partial charge in [-0.1, -0.05) is 6.07 Å². The normalized spacial score (nSPS) is 11.1. The third-order valence-corrected chi connectivity index (χ3v) is 4.12. The molecule has 0 atom stereocenters. The largest absolute Gasteiger partial charge is 0.357 e. The summed E-state index contributed by atoms with van der Waals surface area (Å²) in [5.74, 6) is 0.647. The second-order valence-electron chi connectivity index (χ2n) is 5.01. The molecular formula is C17H23N5OS. The maximum absolute atomic E-state index is 11.9. The molecule has 2 aromatic heterocycles.